The zero-order valence-corrected chi connectivity index (χ0v) is 15.5. The van der Waals surface area contributed by atoms with E-state index in [-0.39, 0.29) is 0 Å². The van der Waals surface area contributed by atoms with Crippen LogP contribution in [0.5, 0.6) is 0 Å². The largest absolute Gasteiger partial charge is 0.373 e. The van der Waals surface area contributed by atoms with E-state index in [4.69, 9.17) is 4.74 Å². The van der Waals surface area contributed by atoms with E-state index in [1.54, 1.807) is 0 Å². The molecule has 1 aromatic rings. The molecule has 3 rings (SSSR count). The lowest BCUT2D eigenvalue weighted by Gasteiger charge is -2.43. The van der Waals surface area contributed by atoms with Crippen LogP contribution in [-0.4, -0.2) is 60.5 Å². The summed E-state index contributed by atoms with van der Waals surface area (Å²) in [5, 5.41) is 0. The summed E-state index contributed by atoms with van der Waals surface area (Å²) in [6, 6.07) is 9.79. The standard InChI is InChI=1S/C19H30N2OS/c1-15-12-21(13-16(2)22-15)18-8-10-20(11-9-18)14-17-4-6-19(23-3)7-5-17/h4-7,15-16,18H,8-14H2,1-3H3. The minimum absolute atomic E-state index is 0.381. The Balaban J connectivity index is 1.48. The molecule has 0 bridgehead atoms. The second-order valence-electron chi connectivity index (χ2n) is 7.07. The topological polar surface area (TPSA) is 15.7 Å². The summed E-state index contributed by atoms with van der Waals surface area (Å²) in [7, 11) is 0. The number of likely N-dealkylation sites (tertiary alicyclic amines) is 1. The van der Waals surface area contributed by atoms with Gasteiger partial charge in [-0.1, -0.05) is 12.1 Å². The zero-order chi connectivity index (χ0) is 16.2. The van der Waals surface area contributed by atoms with Crippen molar-refractivity contribution in [2.75, 3.05) is 32.4 Å². The molecule has 2 aliphatic heterocycles. The molecule has 0 N–H and O–H groups in total. The minimum atomic E-state index is 0.381. The molecule has 1 aromatic carbocycles. The number of thioether (sulfide) groups is 1. The monoisotopic (exact) mass is 334 g/mol. The van der Waals surface area contributed by atoms with Crippen molar-refractivity contribution < 1.29 is 4.74 Å². The molecule has 2 unspecified atom stereocenters. The predicted molar refractivity (Wildman–Crippen MR) is 98.1 cm³/mol. The molecule has 128 valence electrons. The van der Waals surface area contributed by atoms with Crippen LogP contribution in [0.25, 0.3) is 0 Å². The molecular formula is C19H30N2OS. The highest BCUT2D eigenvalue weighted by Gasteiger charge is 2.30. The minimum Gasteiger partial charge on any atom is -0.373 e. The lowest BCUT2D eigenvalue weighted by atomic mass is 10.0. The zero-order valence-electron chi connectivity index (χ0n) is 14.7. The average molecular weight is 335 g/mol. The lowest BCUT2D eigenvalue weighted by molar-refractivity contribution is -0.0865. The Morgan fingerprint density at radius 3 is 2.22 bits per heavy atom. The highest BCUT2D eigenvalue weighted by molar-refractivity contribution is 7.98. The van der Waals surface area contributed by atoms with Gasteiger partial charge < -0.3 is 4.74 Å². The van der Waals surface area contributed by atoms with Gasteiger partial charge >= 0.3 is 0 Å². The van der Waals surface area contributed by atoms with Crippen molar-refractivity contribution in [1.29, 1.82) is 0 Å². The van der Waals surface area contributed by atoms with Gasteiger partial charge in [0.25, 0.3) is 0 Å². The molecule has 2 saturated heterocycles. The second kappa shape index (κ2) is 8.02. The summed E-state index contributed by atoms with van der Waals surface area (Å²) in [4.78, 5) is 6.63. The maximum absolute atomic E-state index is 5.87. The maximum atomic E-state index is 5.87. The summed E-state index contributed by atoms with van der Waals surface area (Å²) in [5.41, 5.74) is 1.44. The van der Waals surface area contributed by atoms with Gasteiger partial charge in [0.05, 0.1) is 12.2 Å². The van der Waals surface area contributed by atoms with Crippen molar-refractivity contribution in [2.45, 2.75) is 56.4 Å². The summed E-state index contributed by atoms with van der Waals surface area (Å²) < 4.78 is 5.87. The molecular weight excluding hydrogens is 304 g/mol. The molecule has 0 radical (unpaired) electrons. The Morgan fingerprint density at radius 1 is 1.04 bits per heavy atom. The fraction of sp³-hybridized carbons (Fsp3) is 0.684. The van der Waals surface area contributed by atoms with Gasteiger partial charge in [0.2, 0.25) is 0 Å². The molecule has 0 aromatic heterocycles. The molecule has 2 atom stereocenters. The molecule has 0 aliphatic carbocycles. The van der Waals surface area contributed by atoms with E-state index in [1.165, 1.54) is 36.4 Å². The van der Waals surface area contributed by atoms with Crippen molar-refractivity contribution in [3.8, 4) is 0 Å². The maximum Gasteiger partial charge on any atom is 0.0678 e. The molecule has 23 heavy (non-hydrogen) atoms. The van der Waals surface area contributed by atoms with E-state index in [1.807, 2.05) is 11.8 Å². The van der Waals surface area contributed by atoms with Gasteiger partial charge in [-0.05, 0) is 63.7 Å². The first-order chi connectivity index (χ1) is 11.1. The van der Waals surface area contributed by atoms with Crippen molar-refractivity contribution >= 4 is 11.8 Å². The van der Waals surface area contributed by atoms with E-state index in [0.717, 1.165) is 25.7 Å². The van der Waals surface area contributed by atoms with Gasteiger partial charge in [0, 0.05) is 30.6 Å². The summed E-state index contributed by atoms with van der Waals surface area (Å²) in [6.07, 6.45) is 5.48. The van der Waals surface area contributed by atoms with Crippen LogP contribution in [0, 0.1) is 0 Å². The number of rotatable bonds is 4. The lowest BCUT2D eigenvalue weighted by Crippen LogP contribution is -2.53. The third-order valence-electron chi connectivity index (χ3n) is 5.09. The van der Waals surface area contributed by atoms with Crippen LogP contribution in [0.2, 0.25) is 0 Å². The molecule has 2 aliphatic rings. The van der Waals surface area contributed by atoms with Gasteiger partial charge in [-0.2, -0.15) is 0 Å². The Hall–Kier alpha value is -0.550. The van der Waals surface area contributed by atoms with Crippen molar-refractivity contribution in [2.24, 2.45) is 0 Å². The molecule has 2 heterocycles. The Labute approximate surface area is 145 Å². The number of morpholine rings is 1. The highest BCUT2D eigenvalue weighted by atomic mass is 32.2. The smallest absolute Gasteiger partial charge is 0.0678 e. The Bertz CT molecular complexity index is 475. The molecule has 0 amide bonds. The quantitative estimate of drug-likeness (QED) is 0.783. The Kier molecular flexibility index (Phi) is 6.02. The molecule has 4 heteroatoms. The second-order valence-corrected chi connectivity index (χ2v) is 7.95. The third-order valence-corrected chi connectivity index (χ3v) is 5.83. The number of piperidine rings is 1. The summed E-state index contributed by atoms with van der Waals surface area (Å²) in [5.74, 6) is 0. The number of hydrogen-bond acceptors (Lipinski definition) is 4. The van der Waals surface area contributed by atoms with Crippen molar-refractivity contribution in [3.05, 3.63) is 29.8 Å². The van der Waals surface area contributed by atoms with Crippen molar-refractivity contribution in [1.82, 2.24) is 9.80 Å². The van der Waals surface area contributed by atoms with Gasteiger partial charge in [0.1, 0.15) is 0 Å². The summed E-state index contributed by atoms with van der Waals surface area (Å²) >= 11 is 1.81. The van der Waals surface area contributed by atoms with Crippen LogP contribution in [0.15, 0.2) is 29.2 Å². The molecule has 0 spiro atoms. The SMILES string of the molecule is CSc1ccc(CN2CCC(N3CC(C)OC(C)C3)CC2)cc1. The van der Waals surface area contributed by atoms with Crippen LogP contribution in [0.3, 0.4) is 0 Å². The van der Waals surface area contributed by atoms with Gasteiger partial charge in [0.15, 0.2) is 0 Å². The van der Waals surface area contributed by atoms with Crippen LogP contribution >= 0.6 is 11.8 Å². The van der Waals surface area contributed by atoms with E-state index in [0.29, 0.717) is 12.2 Å². The Morgan fingerprint density at radius 2 is 1.65 bits per heavy atom. The fourth-order valence-electron chi connectivity index (χ4n) is 3.95. The first kappa shape index (κ1) is 17.3. The van der Waals surface area contributed by atoms with Crippen LogP contribution in [0.1, 0.15) is 32.3 Å². The molecule has 3 nitrogen and oxygen atoms in total. The summed E-state index contributed by atoms with van der Waals surface area (Å²) in [6.45, 7) is 10.1. The van der Waals surface area contributed by atoms with Crippen molar-refractivity contribution in [3.63, 3.8) is 0 Å². The van der Waals surface area contributed by atoms with E-state index in [2.05, 4.69) is 54.2 Å². The normalized spacial score (nSPS) is 28.1. The molecule has 0 saturated carbocycles. The number of nitrogens with zero attached hydrogens (tertiary/aromatic N) is 2. The molecule has 2 fully saturated rings. The number of ether oxygens (including phenoxy) is 1. The highest BCUT2D eigenvalue weighted by Crippen LogP contribution is 2.23. The van der Waals surface area contributed by atoms with Crippen LogP contribution in [-0.2, 0) is 11.3 Å². The van der Waals surface area contributed by atoms with E-state index >= 15 is 0 Å². The van der Waals surface area contributed by atoms with Crippen LogP contribution in [0.4, 0.5) is 0 Å². The van der Waals surface area contributed by atoms with E-state index < -0.39 is 0 Å². The third kappa shape index (κ3) is 4.72. The first-order valence-corrected chi connectivity index (χ1v) is 10.1. The number of benzene rings is 1. The van der Waals surface area contributed by atoms with E-state index in [9.17, 15) is 0 Å². The first-order valence-electron chi connectivity index (χ1n) is 8.89. The fourth-order valence-corrected chi connectivity index (χ4v) is 4.36. The van der Waals surface area contributed by atoms with Gasteiger partial charge in [-0.15, -0.1) is 11.8 Å². The predicted octanol–water partition coefficient (Wildman–Crippen LogP) is 3.48. The van der Waals surface area contributed by atoms with Gasteiger partial charge in [-0.25, -0.2) is 0 Å². The van der Waals surface area contributed by atoms with Crippen LogP contribution < -0.4 is 0 Å². The van der Waals surface area contributed by atoms with Gasteiger partial charge in [-0.3, -0.25) is 9.80 Å². The average Bonchev–Trinajstić information content (AvgIpc) is 2.55. The number of hydrogen-bond donors (Lipinski definition) is 0.